The van der Waals surface area contributed by atoms with Crippen LogP contribution in [0.4, 0.5) is 0 Å². The number of hydrogen-bond acceptors (Lipinski definition) is 3. The molecule has 0 saturated carbocycles. The molecule has 0 spiro atoms. The molecule has 1 N–H and O–H groups in total. The number of carbonyl (C=O) groups is 1. The summed E-state index contributed by atoms with van der Waals surface area (Å²) in [5.74, 6) is 0.573. The van der Waals surface area contributed by atoms with Crippen molar-refractivity contribution >= 4 is 5.91 Å². The Morgan fingerprint density at radius 1 is 1.33 bits per heavy atom. The predicted octanol–water partition coefficient (Wildman–Crippen LogP) is 1.97. The van der Waals surface area contributed by atoms with Gasteiger partial charge in [0.05, 0.1) is 12.1 Å². The maximum Gasteiger partial charge on any atom is 0.223 e. The molecule has 0 aromatic heterocycles. The number of rotatable bonds is 4. The maximum absolute atomic E-state index is 12.1. The molecule has 0 bridgehead atoms. The lowest BCUT2D eigenvalue weighted by molar-refractivity contribution is -0.127. The molecular weight excluding hydrogens is 264 g/mol. The van der Waals surface area contributed by atoms with Gasteiger partial charge in [0, 0.05) is 38.6 Å². The van der Waals surface area contributed by atoms with Crippen molar-refractivity contribution in [2.24, 2.45) is 5.92 Å². The molecule has 114 valence electrons. The Morgan fingerprint density at radius 3 is 2.76 bits per heavy atom. The highest BCUT2D eigenvalue weighted by molar-refractivity contribution is 5.79. The van der Waals surface area contributed by atoms with E-state index in [1.165, 1.54) is 5.56 Å². The lowest BCUT2D eigenvalue weighted by atomic mass is 9.93. The molecular formula is C17H24N2O2. The first kappa shape index (κ1) is 14.5. The van der Waals surface area contributed by atoms with Crippen LogP contribution in [0.3, 0.4) is 0 Å². The Morgan fingerprint density at radius 2 is 2.10 bits per heavy atom. The lowest BCUT2D eigenvalue weighted by Gasteiger charge is -2.27. The molecule has 3 rings (SSSR count). The summed E-state index contributed by atoms with van der Waals surface area (Å²) in [6.07, 6.45) is 1.97. The molecule has 0 radical (unpaired) electrons. The minimum Gasteiger partial charge on any atom is -0.377 e. The van der Waals surface area contributed by atoms with Crippen LogP contribution in [-0.2, 0) is 9.53 Å². The van der Waals surface area contributed by atoms with Crippen LogP contribution in [0.15, 0.2) is 30.3 Å². The number of likely N-dealkylation sites (tertiary alicyclic amines) is 1. The minimum absolute atomic E-state index is 0.184. The van der Waals surface area contributed by atoms with Crippen LogP contribution < -0.4 is 5.32 Å². The Kier molecular flexibility index (Phi) is 4.27. The van der Waals surface area contributed by atoms with Crippen LogP contribution in [0.25, 0.3) is 0 Å². The average molecular weight is 288 g/mol. The van der Waals surface area contributed by atoms with Crippen molar-refractivity contribution in [2.45, 2.75) is 38.0 Å². The number of nitrogens with one attached hydrogen (secondary N) is 1. The molecule has 2 saturated heterocycles. The second-order valence-electron chi connectivity index (χ2n) is 6.20. The monoisotopic (exact) mass is 288 g/mol. The van der Waals surface area contributed by atoms with Gasteiger partial charge in [-0.05, 0) is 18.9 Å². The van der Waals surface area contributed by atoms with Gasteiger partial charge in [-0.25, -0.2) is 0 Å². The molecule has 4 nitrogen and oxygen atoms in total. The molecule has 2 aliphatic rings. The third kappa shape index (κ3) is 2.97. The van der Waals surface area contributed by atoms with E-state index >= 15 is 0 Å². The number of benzene rings is 1. The van der Waals surface area contributed by atoms with Crippen molar-refractivity contribution in [1.82, 2.24) is 10.2 Å². The Bertz CT molecular complexity index is 491. The first-order valence-electron chi connectivity index (χ1n) is 7.82. The largest absolute Gasteiger partial charge is 0.377 e. The van der Waals surface area contributed by atoms with Crippen molar-refractivity contribution in [3.8, 4) is 0 Å². The normalized spacial score (nSPS) is 32.9. The SMILES string of the molecule is CC1OCCC1NCC1CC(=O)N(C)C1c1ccccc1. The van der Waals surface area contributed by atoms with E-state index in [9.17, 15) is 4.79 Å². The first-order chi connectivity index (χ1) is 10.2. The number of carbonyl (C=O) groups excluding carboxylic acids is 1. The standard InChI is InChI=1S/C17H24N2O2/c1-12-15(8-9-21-12)18-11-14-10-16(20)19(2)17(14)13-6-4-3-5-7-13/h3-7,12,14-15,17-18H,8-11H2,1-2H3. The summed E-state index contributed by atoms with van der Waals surface area (Å²) in [5, 5.41) is 3.61. The number of ether oxygens (including phenoxy) is 1. The van der Waals surface area contributed by atoms with Gasteiger partial charge in [0.15, 0.2) is 0 Å². The molecule has 4 atom stereocenters. The summed E-state index contributed by atoms with van der Waals surface area (Å²) < 4.78 is 5.59. The summed E-state index contributed by atoms with van der Waals surface area (Å²) in [4.78, 5) is 14.0. The molecule has 4 unspecified atom stereocenters. The van der Waals surface area contributed by atoms with Crippen molar-refractivity contribution in [3.63, 3.8) is 0 Å². The number of hydrogen-bond donors (Lipinski definition) is 1. The van der Waals surface area contributed by atoms with Crippen LogP contribution in [0.1, 0.15) is 31.4 Å². The Labute approximate surface area is 126 Å². The van der Waals surface area contributed by atoms with Gasteiger partial charge >= 0.3 is 0 Å². The van der Waals surface area contributed by atoms with Crippen LogP contribution >= 0.6 is 0 Å². The highest BCUT2D eigenvalue weighted by Gasteiger charge is 2.38. The predicted molar refractivity (Wildman–Crippen MR) is 81.9 cm³/mol. The second kappa shape index (κ2) is 6.16. The molecule has 2 heterocycles. The fourth-order valence-corrected chi connectivity index (χ4v) is 3.58. The van der Waals surface area contributed by atoms with Crippen LogP contribution in [-0.4, -0.2) is 43.2 Å². The van der Waals surface area contributed by atoms with E-state index in [0.717, 1.165) is 19.6 Å². The van der Waals surface area contributed by atoms with E-state index in [2.05, 4.69) is 24.4 Å². The zero-order valence-electron chi connectivity index (χ0n) is 12.8. The molecule has 1 aromatic carbocycles. The van der Waals surface area contributed by atoms with Crippen molar-refractivity contribution in [1.29, 1.82) is 0 Å². The van der Waals surface area contributed by atoms with Crippen molar-refractivity contribution < 1.29 is 9.53 Å². The smallest absolute Gasteiger partial charge is 0.223 e. The van der Waals surface area contributed by atoms with Gasteiger partial charge in [0.2, 0.25) is 5.91 Å². The third-order valence-corrected chi connectivity index (χ3v) is 4.85. The van der Waals surface area contributed by atoms with Crippen LogP contribution in [0, 0.1) is 5.92 Å². The first-order valence-corrected chi connectivity index (χ1v) is 7.82. The van der Waals surface area contributed by atoms with Crippen molar-refractivity contribution in [3.05, 3.63) is 35.9 Å². The Hall–Kier alpha value is -1.39. The Balaban J connectivity index is 1.69. The molecule has 4 heteroatoms. The highest BCUT2D eigenvalue weighted by Crippen LogP contribution is 2.36. The summed E-state index contributed by atoms with van der Waals surface area (Å²) in [6, 6.07) is 11.0. The fourth-order valence-electron chi connectivity index (χ4n) is 3.58. The molecule has 1 aromatic rings. The van der Waals surface area contributed by atoms with E-state index in [4.69, 9.17) is 4.74 Å². The molecule has 21 heavy (non-hydrogen) atoms. The molecule has 0 aliphatic carbocycles. The van der Waals surface area contributed by atoms with Gasteiger partial charge in [0.25, 0.3) is 0 Å². The summed E-state index contributed by atoms with van der Waals surface area (Å²) in [5.41, 5.74) is 1.23. The second-order valence-corrected chi connectivity index (χ2v) is 6.20. The van der Waals surface area contributed by atoms with Crippen LogP contribution in [0.2, 0.25) is 0 Å². The zero-order valence-corrected chi connectivity index (χ0v) is 12.8. The van der Waals surface area contributed by atoms with Gasteiger partial charge in [-0.1, -0.05) is 30.3 Å². The summed E-state index contributed by atoms with van der Waals surface area (Å²) >= 11 is 0. The van der Waals surface area contributed by atoms with E-state index in [-0.39, 0.29) is 18.1 Å². The fraction of sp³-hybridized carbons (Fsp3) is 0.588. The van der Waals surface area contributed by atoms with Gasteiger partial charge in [-0.15, -0.1) is 0 Å². The highest BCUT2D eigenvalue weighted by atomic mass is 16.5. The number of amides is 1. The van der Waals surface area contributed by atoms with E-state index in [0.29, 0.717) is 18.4 Å². The van der Waals surface area contributed by atoms with Gasteiger partial charge in [-0.3, -0.25) is 4.79 Å². The lowest BCUT2D eigenvalue weighted by Crippen LogP contribution is -2.39. The summed E-state index contributed by atoms with van der Waals surface area (Å²) in [7, 11) is 1.92. The topological polar surface area (TPSA) is 41.6 Å². The van der Waals surface area contributed by atoms with E-state index in [1.54, 1.807) is 0 Å². The third-order valence-electron chi connectivity index (χ3n) is 4.85. The molecule has 2 fully saturated rings. The van der Waals surface area contributed by atoms with Gasteiger partial charge in [-0.2, -0.15) is 0 Å². The van der Waals surface area contributed by atoms with Gasteiger partial charge in [0.1, 0.15) is 0 Å². The number of nitrogens with zero attached hydrogens (tertiary/aromatic N) is 1. The molecule has 2 aliphatic heterocycles. The zero-order chi connectivity index (χ0) is 14.8. The maximum atomic E-state index is 12.1. The van der Waals surface area contributed by atoms with E-state index in [1.807, 2.05) is 30.1 Å². The minimum atomic E-state index is 0.184. The summed E-state index contributed by atoms with van der Waals surface area (Å²) in [6.45, 7) is 3.82. The average Bonchev–Trinajstić information content (AvgIpc) is 3.02. The van der Waals surface area contributed by atoms with E-state index < -0.39 is 0 Å². The van der Waals surface area contributed by atoms with Crippen LogP contribution in [0.5, 0.6) is 0 Å². The quantitative estimate of drug-likeness (QED) is 0.921. The molecule has 1 amide bonds. The van der Waals surface area contributed by atoms with Gasteiger partial charge < -0.3 is 15.0 Å². The van der Waals surface area contributed by atoms with Crippen molar-refractivity contribution in [2.75, 3.05) is 20.2 Å².